The summed E-state index contributed by atoms with van der Waals surface area (Å²) in [5, 5.41) is 3.05. The third-order valence-corrected chi connectivity index (χ3v) is 4.88. The van der Waals surface area contributed by atoms with Crippen molar-refractivity contribution < 1.29 is 14.3 Å². The lowest BCUT2D eigenvalue weighted by Crippen LogP contribution is -2.26. The fourth-order valence-electron chi connectivity index (χ4n) is 3.42. The molecule has 2 aromatic rings. The Hall–Kier alpha value is -2.49. The van der Waals surface area contributed by atoms with Gasteiger partial charge in [0.15, 0.2) is 11.5 Å². The first-order valence-electron chi connectivity index (χ1n) is 8.91. The number of hydrogen-bond acceptors (Lipinski definition) is 3. The van der Waals surface area contributed by atoms with Crippen molar-refractivity contribution in [3.05, 3.63) is 59.2 Å². The number of carbonyl (C=O) groups is 1. The van der Waals surface area contributed by atoms with E-state index in [1.165, 1.54) is 11.1 Å². The van der Waals surface area contributed by atoms with Crippen molar-refractivity contribution in [2.45, 2.75) is 31.7 Å². The average molecular weight is 337 g/mol. The highest BCUT2D eigenvalue weighted by atomic mass is 16.5. The molecule has 0 bridgehead atoms. The molecule has 4 heteroatoms. The molecule has 0 aromatic heterocycles. The monoisotopic (exact) mass is 337 g/mol. The van der Waals surface area contributed by atoms with Crippen LogP contribution in [0.1, 0.15) is 34.3 Å². The molecular formula is C21H23NO3. The predicted molar refractivity (Wildman–Crippen MR) is 96.3 cm³/mol. The van der Waals surface area contributed by atoms with Gasteiger partial charge in [0, 0.05) is 17.5 Å². The molecule has 25 heavy (non-hydrogen) atoms. The number of amides is 1. The molecule has 1 saturated carbocycles. The van der Waals surface area contributed by atoms with Crippen LogP contribution in [0.5, 0.6) is 11.5 Å². The van der Waals surface area contributed by atoms with Crippen molar-refractivity contribution in [1.82, 2.24) is 5.32 Å². The van der Waals surface area contributed by atoms with Gasteiger partial charge in [-0.3, -0.25) is 4.79 Å². The first kappa shape index (κ1) is 16.0. The van der Waals surface area contributed by atoms with Crippen LogP contribution in [0.4, 0.5) is 0 Å². The Bertz CT molecular complexity index is 782. The Morgan fingerprint density at radius 3 is 2.88 bits per heavy atom. The molecule has 2 aliphatic rings. The maximum absolute atomic E-state index is 12.2. The molecule has 1 aliphatic carbocycles. The summed E-state index contributed by atoms with van der Waals surface area (Å²) in [6, 6.07) is 14.4. The maximum Gasteiger partial charge on any atom is 0.251 e. The highest BCUT2D eigenvalue weighted by molar-refractivity contribution is 5.94. The van der Waals surface area contributed by atoms with Crippen LogP contribution in [0.25, 0.3) is 0 Å². The van der Waals surface area contributed by atoms with Crippen LogP contribution in [0, 0.1) is 5.92 Å². The minimum Gasteiger partial charge on any atom is -0.493 e. The molecule has 0 radical (unpaired) electrons. The summed E-state index contributed by atoms with van der Waals surface area (Å²) in [5.74, 6) is 2.12. The lowest BCUT2D eigenvalue weighted by molar-refractivity contribution is 0.0951. The van der Waals surface area contributed by atoms with Crippen LogP contribution < -0.4 is 14.8 Å². The zero-order chi connectivity index (χ0) is 17.2. The van der Waals surface area contributed by atoms with Gasteiger partial charge >= 0.3 is 0 Å². The topological polar surface area (TPSA) is 47.6 Å². The number of carbonyl (C=O) groups excluding carboxylic acids is 1. The Kier molecular flexibility index (Phi) is 4.35. The van der Waals surface area contributed by atoms with E-state index >= 15 is 0 Å². The summed E-state index contributed by atoms with van der Waals surface area (Å²) < 4.78 is 11.3. The van der Waals surface area contributed by atoms with Crippen molar-refractivity contribution in [1.29, 1.82) is 0 Å². The molecular weight excluding hydrogens is 314 g/mol. The van der Waals surface area contributed by atoms with Gasteiger partial charge in [0.25, 0.3) is 5.91 Å². The summed E-state index contributed by atoms with van der Waals surface area (Å²) in [6.45, 7) is 0.672. The number of ether oxygens (including phenoxy) is 2. The molecule has 1 atom stereocenters. The third kappa shape index (κ3) is 3.63. The summed E-state index contributed by atoms with van der Waals surface area (Å²) in [5.41, 5.74) is 3.13. The van der Waals surface area contributed by atoms with E-state index < -0.39 is 0 Å². The molecule has 130 valence electrons. The summed E-state index contributed by atoms with van der Waals surface area (Å²) in [6.07, 6.45) is 4.08. The summed E-state index contributed by atoms with van der Waals surface area (Å²) in [7, 11) is 1.67. The van der Waals surface area contributed by atoms with Crippen molar-refractivity contribution in [3.63, 3.8) is 0 Å². The number of rotatable bonds is 5. The van der Waals surface area contributed by atoms with Gasteiger partial charge in [-0.25, -0.2) is 0 Å². The maximum atomic E-state index is 12.2. The predicted octanol–water partition coefficient (Wildman–Crippen LogP) is 3.38. The SMILES string of the molecule is COc1cccc2c1OCC(Cc1cccc(C(=O)NC3CC3)c1)C2. The Balaban J connectivity index is 1.45. The third-order valence-electron chi connectivity index (χ3n) is 4.88. The molecule has 1 heterocycles. The summed E-state index contributed by atoms with van der Waals surface area (Å²) >= 11 is 0. The van der Waals surface area contributed by atoms with E-state index in [1.807, 2.05) is 30.3 Å². The number of hydrogen-bond donors (Lipinski definition) is 1. The smallest absolute Gasteiger partial charge is 0.251 e. The molecule has 4 rings (SSSR count). The van der Waals surface area contributed by atoms with Gasteiger partial charge in [0.05, 0.1) is 13.7 Å². The standard InChI is InChI=1S/C21H23NO3/c1-24-19-7-3-5-16-12-15(13-25-20(16)19)10-14-4-2-6-17(11-14)21(23)22-18-8-9-18/h2-7,11,15,18H,8-10,12-13H2,1H3,(H,22,23). The number of para-hydroxylation sites is 1. The lowest BCUT2D eigenvalue weighted by Gasteiger charge is -2.26. The van der Waals surface area contributed by atoms with E-state index in [0.717, 1.165) is 42.7 Å². The average Bonchev–Trinajstić information content (AvgIpc) is 3.45. The van der Waals surface area contributed by atoms with Gasteiger partial charge in [-0.15, -0.1) is 0 Å². The van der Waals surface area contributed by atoms with Gasteiger partial charge in [-0.2, -0.15) is 0 Å². The van der Waals surface area contributed by atoms with Crippen LogP contribution in [-0.4, -0.2) is 25.7 Å². The Labute approximate surface area is 148 Å². The van der Waals surface area contributed by atoms with Gasteiger partial charge in [-0.1, -0.05) is 24.3 Å². The molecule has 2 aromatic carbocycles. The van der Waals surface area contributed by atoms with E-state index in [9.17, 15) is 4.79 Å². The van der Waals surface area contributed by atoms with E-state index in [1.54, 1.807) is 7.11 Å². The van der Waals surface area contributed by atoms with Gasteiger partial charge in [-0.05, 0) is 55.0 Å². The second-order valence-corrected chi connectivity index (χ2v) is 6.98. The molecule has 4 nitrogen and oxygen atoms in total. The highest BCUT2D eigenvalue weighted by Crippen LogP contribution is 2.36. The van der Waals surface area contributed by atoms with E-state index in [4.69, 9.17) is 9.47 Å². The van der Waals surface area contributed by atoms with Gasteiger partial charge in [0.2, 0.25) is 0 Å². The Morgan fingerprint density at radius 1 is 1.24 bits per heavy atom. The largest absolute Gasteiger partial charge is 0.493 e. The zero-order valence-corrected chi connectivity index (χ0v) is 14.5. The van der Waals surface area contributed by atoms with Crippen LogP contribution in [0.2, 0.25) is 0 Å². The molecule has 0 spiro atoms. The Morgan fingerprint density at radius 2 is 2.08 bits per heavy atom. The molecule has 1 amide bonds. The molecule has 1 aliphatic heterocycles. The van der Waals surface area contributed by atoms with Crippen molar-refractivity contribution in [3.8, 4) is 11.5 Å². The van der Waals surface area contributed by atoms with E-state index in [0.29, 0.717) is 18.6 Å². The lowest BCUT2D eigenvalue weighted by atomic mass is 9.90. The molecule has 1 unspecified atom stereocenters. The van der Waals surface area contributed by atoms with Crippen molar-refractivity contribution in [2.75, 3.05) is 13.7 Å². The first-order chi connectivity index (χ1) is 12.2. The van der Waals surface area contributed by atoms with Crippen molar-refractivity contribution >= 4 is 5.91 Å². The first-order valence-corrected chi connectivity index (χ1v) is 8.91. The van der Waals surface area contributed by atoms with E-state index in [2.05, 4.69) is 17.4 Å². The van der Waals surface area contributed by atoms with Gasteiger partial charge in [0.1, 0.15) is 0 Å². The minimum atomic E-state index is 0.0410. The number of benzene rings is 2. The quantitative estimate of drug-likeness (QED) is 0.910. The van der Waals surface area contributed by atoms with E-state index in [-0.39, 0.29) is 5.91 Å². The highest BCUT2D eigenvalue weighted by Gasteiger charge is 2.25. The number of methoxy groups -OCH3 is 1. The minimum absolute atomic E-state index is 0.0410. The fraction of sp³-hybridized carbons (Fsp3) is 0.381. The second kappa shape index (κ2) is 6.79. The summed E-state index contributed by atoms with van der Waals surface area (Å²) in [4.78, 5) is 12.2. The van der Waals surface area contributed by atoms with Gasteiger partial charge < -0.3 is 14.8 Å². The molecule has 1 fully saturated rings. The fourth-order valence-corrected chi connectivity index (χ4v) is 3.42. The number of nitrogens with one attached hydrogen (secondary N) is 1. The molecule has 1 N–H and O–H groups in total. The van der Waals surface area contributed by atoms with Crippen LogP contribution >= 0.6 is 0 Å². The second-order valence-electron chi connectivity index (χ2n) is 6.98. The zero-order valence-electron chi connectivity index (χ0n) is 14.5. The van der Waals surface area contributed by atoms with Crippen molar-refractivity contribution in [2.24, 2.45) is 5.92 Å². The van der Waals surface area contributed by atoms with Crippen LogP contribution in [-0.2, 0) is 12.8 Å². The normalized spacial score (nSPS) is 18.8. The van der Waals surface area contributed by atoms with Crippen LogP contribution in [0.15, 0.2) is 42.5 Å². The number of fused-ring (bicyclic) bond motifs is 1. The van der Waals surface area contributed by atoms with Crippen LogP contribution in [0.3, 0.4) is 0 Å². The molecule has 0 saturated heterocycles.